The van der Waals surface area contributed by atoms with Crippen molar-refractivity contribution in [1.29, 1.82) is 0 Å². The second-order valence-electron chi connectivity index (χ2n) is 5.67. The second-order valence-corrected chi connectivity index (χ2v) is 5.67. The van der Waals surface area contributed by atoms with Crippen LogP contribution in [0.2, 0.25) is 0 Å². The molecule has 0 aromatic heterocycles. The first-order chi connectivity index (χ1) is 10.2. The number of carbonyl (C=O) groups excluding carboxylic acids is 1. The molecule has 1 amide bonds. The van der Waals surface area contributed by atoms with E-state index >= 15 is 0 Å². The normalized spacial score (nSPS) is 14.6. The van der Waals surface area contributed by atoms with Gasteiger partial charge in [-0.3, -0.25) is 4.79 Å². The van der Waals surface area contributed by atoms with Gasteiger partial charge in [0.1, 0.15) is 0 Å². The van der Waals surface area contributed by atoms with Gasteiger partial charge in [-0.15, -0.1) is 0 Å². The highest BCUT2D eigenvalue weighted by atomic mass is 16.2. The molecule has 0 atom stereocenters. The highest BCUT2D eigenvalue weighted by Crippen LogP contribution is 2.23. The Kier molecular flexibility index (Phi) is 5.83. The molecular formula is C18H23NO2. The molecule has 1 aromatic rings. The molecule has 112 valence electrons. The van der Waals surface area contributed by atoms with Gasteiger partial charge in [0.2, 0.25) is 0 Å². The molecule has 1 fully saturated rings. The molecule has 1 aliphatic rings. The molecule has 21 heavy (non-hydrogen) atoms. The van der Waals surface area contributed by atoms with Crippen LogP contribution in [0, 0.1) is 24.7 Å². The van der Waals surface area contributed by atoms with E-state index in [0.29, 0.717) is 17.9 Å². The molecule has 0 saturated heterocycles. The molecule has 0 heterocycles. The number of nitrogens with one attached hydrogen (secondary N) is 1. The summed E-state index contributed by atoms with van der Waals surface area (Å²) in [5.74, 6) is 6.57. The molecule has 0 spiro atoms. The molecule has 1 aliphatic carbocycles. The lowest BCUT2D eigenvalue weighted by Gasteiger charge is -2.11. The van der Waals surface area contributed by atoms with Crippen molar-refractivity contribution < 1.29 is 9.90 Å². The minimum atomic E-state index is -0.000123. The fourth-order valence-corrected chi connectivity index (χ4v) is 2.71. The van der Waals surface area contributed by atoms with Crippen LogP contribution in [0.15, 0.2) is 18.2 Å². The molecule has 0 unspecified atom stereocenters. The van der Waals surface area contributed by atoms with Crippen LogP contribution < -0.4 is 5.32 Å². The van der Waals surface area contributed by atoms with Gasteiger partial charge < -0.3 is 10.4 Å². The molecule has 2 N–H and O–H groups in total. The first-order valence-electron chi connectivity index (χ1n) is 7.69. The Morgan fingerprint density at radius 2 is 2.14 bits per heavy atom. The topological polar surface area (TPSA) is 49.3 Å². The minimum Gasteiger partial charge on any atom is -0.395 e. The standard InChI is InChI=1S/C18H23NO2/c1-14-12-17(10-9-16(14)8-4-5-11-20)18(21)19-13-15-6-2-3-7-15/h9-10,12,15,20H,2-3,5-7,11,13H2,1H3,(H,19,21). The molecule has 1 aromatic carbocycles. The Bertz CT molecular complexity index is 548. The smallest absolute Gasteiger partial charge is 0.251 e. The number of aliphatic hydroxyl groups is 1. The van der Waals surface area contributed by atoms with E-state index in [1.807, 2.05) is 25.1 Å². The van der Waals surface area contributed by atoms with Gasteiger partial charge in [-0.2, -0.15) is 0 Å². The van der Waals surface area contributed by atoms with E-state index in [1.165, 1.54) is 25.7 Å². The van der Waals surface area contributed by atoms with E-state index in [9.17, 15) is 4.79 Å². The molecule has 0 radical (unpaired) electrons. The number of hydrogen-bond donors (Lipinski definition) is 2. The van der Waals surface area contributed by atoms with Crippen LogP contribution in [0.4, 0.5) is 0 Å². The van der Waals surface area contributed by atoms with E-state index < -0.39 is 0 Å². The Hall–Kier alpha value is -1.79. The zero-order valence-electron chi connectivity index (χ0n) is 12.6. The van der Waals surface area contributed by atoms with Crippen molar-refractivity contribution in [2.45, 2.75) is 39.0 Å². The van der Waals surface area contributed by atoms with Crippen molar-refractivity contribution in [3.63, 3.8) is 0 Å². The Balaban J connectivity index is 1.95. The molecule has 0 bridgehead atoms. The highest BCUT2D eigenvalue weighted by molar-refractivity contribution is 5.94. The summed E-state index contributed by atoms with van der Waals surface area (Å²) in [4.78, 5) is 12.1. The van der Waals surface area contributed by atoms with Gasteiger partial charge in [-0.1, -0.05) is 24.7 Å². The van der Waals surface area contributed by atoms with Crippen molar-refractivity contribution in [1.82, 2.24) is 5.32 Å². The van der Waals surface area contributed by atoms with Crippen LogP contribution in [0.1, 0.15) is 53.6 Å². The third-order valence-electron chi connectivity index (χ3n) is 3.97. The van der Waals surface area contributed by atoms with E-state index in [-0.39, 0.29) is 12.5 Å². The number of benzene rings is 1. The zero-order chi connectivity index (χ0) is 15.1. The van der Waals surface area contributed by atoms with Crippen LogP contribution in [-0.2, 0) is 0 Å². The fourth-order valence-electron chi connectivity index (χ4n) is 2.71. The number of rotatable bonds is 4. The van der Waals surface area contributed by atoms with Gasteiger partial charge >= 0.3 is 0 Å². The van der Waals surface area contributed by atoms with Gasteiger partial charge in [0.05, 0.1) is 6.61 Å². The highest BCUT2D eigenvalue weighted by Gasteiger charge is 2.16. The number of hydrogen-bond acceptors (Lipinski definition) is 2. The zero-order valence-corrected chi connectivity index (χ0v) is 12.6. The van der Waals surface area contributed by atoms with Gasteiger partial charge in [0.25, 0.3) is 5.91 Å². The Morgan fingerprint density at radius 1 is 1.38 bits per heavy atom. The summed E-state index contributed by atoms with van der Waals surface area (Å²) in [6.45, 7) is 2.82. The van der Waals surface area contributed by atoms with Crippen LogP contribution in [-0.4, -0.2) is 24.2 Å². The summed E-state index contributed by atoms with van der Waals surface area (Å²) in [7, 11) is 0. The quantitative estimate of drug-likeness (QED) is 0.836. The SMILES string of the molecule is Cc1cc(C(=O)NCC2CCCC2)ccc1C#CCCO. The monoisotopic (exact) mass is 285 g/mol. The van der Waals surface area contributed by atoms with Crippen molar-refractivity contribution in [2.75, 3.05) is 13.2 Å². The lowest BCUT2D eigenvalue weighted by Crippen LogP contribution is -2.28. The summed E-state index contributed by atoms with van der Waals surface area (Å²) in [5.41, 5.74) is 2.60. The summed E-state index contributed by atoms with van der Waals surface area (Å²) >= 11 is 0. The van der Waals surface area contributed by atoms with Gasteiger partial charge in [-0.05, 0) is 49.4 Å². The van der Waals surface area contributed by atoms with E-state index in [1.54, 1.807) is 0 Å². The molecule has 3 heteroatoms. The average Bonchev–Trinajstić information content (AvgIpc) is 3.00. The Morgan fingerprint density at radius 3 is 2.81 bits per heavy atom. The summed E-state index contributed by atoms with van der Waals surface area (Å²) in [6.07, 6.45) is 5.53. The lowest BCUT2D eigenvalue weighted by atomic mass is 10.0. The molecule has 0 aliphatic heterocycles. The fraction of sp³-hybridized carbons (Fsp3) is 0.500. The molecule has 2 rings (SSSR count). The third-order valence-corrected chi connectivity index (χ3v) is 3.97. The van der Waals surface area contributed by atoms with Crippen LogP contribution in [0.5, 0.6) is 0 Å². The Labute approximate surface area is 126 Å². The number of amides is 1. The van der Waals surface area contributed by atoms with Crippen LogP contribution in [0.3, 0.4) is 0 Å². The first kappa shape index (κ1) is 15.6. The lowest BCUT2D eigenvalue weighted by molar-refractivity contribution is 0.0947. The number of carbonyl (C=O) groups is 1. The number of aliphatic hydroxyl groups excluding tert-OH is 1. The predicted octanol–water partition coefficient (Wildman–Crippen LogP) is 2.65. The summed E-state index contributed by atoms with van der Waals surface area (Å²) in [5, 5.41) is 11.8. The van der Waals surface area contributed by atoms with E-state index in [0.717, 1.165) is 17.7 Å². The molecular weight excluding hydrogens is 262 g/mol. The number of aryl methyl sites for hydroxylation is 1. The first-order valence-corrected chi connectivity index (χ1v) is 7.69. The summed E-state index contributed by atoms with van der Waals surface area (Å²) < 4.78 is 0. The van der Waals surface area contributed by atoms with Crippen LogP contribution >= 0.6 is 0 Å². The largest absolute Gasteiger partial charge is 0.395 e. The maximum Gasteiger partial charge on any atom is 0.251 e. The minimum absolute atomic E-state index is 0.000123. The predicted molar refractivity (Wildman–Crippen MR) is 84.1 cm³/mol. The summed E-state index contributed by atoms with van der Waals surface area (Å²) in [6, 6.07) is 5.58. The second kappa shape index (κ2) is 7.85. The van der Waals surface area contributed by atoms with Crippen molar-refractivity contribution in [3.8, 4) is 11.8 Å². The van der Waals surface area contributed by atoms with Gasteiger partial charge in [-0.25, -0.2) is 0 Å². The molecule has 1 saturated carbocycles. The van der Waals surface area contributed by atoms with Crippen molar-refractivity contribution in [3.05, 3.63) is 34.9 Å². The van der Waals surface area contributed by atoms with E-state index in [4.69, 9.17) is 5.11 Å². The maximum absolute atomic E-state index is 12.1. The van der Waals surface area contributed by atoms with E-state index in [2.05, 4.69) is 17.2 Å². The average molecular weight is 285 g/mol. The molecule has 3 nitrogen and oxygen atoms in total. The maximum atomic E-state index is 12.1. The van der Waals surface area contributed by atoms with Crippen molar-refractivity contribution >= 4 is 5.91 Å². The van der Waals surface area contributed by atoms with Gasteiger partial charge in [0, 0.05) is 24.1 Å². The third kappa shape index (κ3) is 4.61. The van der Waals surface area contributed by atoms with Crippen LogP contribution in [0.25, 0.3) is 0 Å². The van der Waals surface area contributed by atoms with Crippen molar-refractivity contribution in [2.24, 2.45) is 5.92 Å². The van der Waals surface area contributed by atoms with Gasteiger partial charge in [0.15, 0.2) is 0 Å².